The Hall–Kier alpha value is 0.420. The van der Waals surface area contributed by atoms with E-state index in [1.807, 2.05) is 20.8 Å². The van der Waals surface area contributed by atoms with E-state index in [1.165, 1.54) is 0 Å². The van der Waals surface area contributed by atoms with Crippen LogP contribution in [0.15, 0.2) is 0 Å². The Morgan fingerprint density at radius 3 is 2.57 bits per heavy atom. The second-order valence-corrected chi connectivity index (χ2v) is 12.9. The molecule has 0 saturated carbocycles. The van der Waals surface area contributed by atoms with Gasteiger partial charge in [-0.05, 0) is 20.3 Å². The van der Waals surface area contributed by atoms with E-state index in [4.69, 9.17) is 4.74 Å². The first-order valence-corrected chi connectivity index (χ1v) is 9.73. The molecule has 0 aromatic rings. The molecule has 118 valence electrons. The van der Waals surface area contributed by atoms with E-state index in [0.29, 0.717) is 6.42 Å². The van der Waals surface area contributed by atoms with Crippen molar-refractivity contribution in [3.05, 3.63) is 0 Å². The van der Waals surface area contributed by atoms with Crippen molar-refractivity contribution in [3.63, 3.8) is 0 Å². The molecule has 0 radical (unpaired) electrons. The van der Waals surface area contributed by atoms with Crippen LogP contribution >= 0.6 is 56.9 Å². The predicted octanol–water partition coefficient (Wildman–Crippen LogP) is 2.53. The summed E-state index contributed by atoms with van der Waals surface area (Å²) in [6, 6.07) is -0.618. The first kappa shape index (κ1) is 17.8. The average Bonchev–Trinajstić information content (AvgIpc) is 2.66. The lowest BCUT2D eigenvalue weighted by molar-refractivity contribution is -0.162. The molecule has 0 unspecified atom stereocenters. The second kappa shape index (κ2) is 6.14. The fraction of sp³-hybridized carbons (Fsp3) is 0.769. The van der Waals surface area contributed by atoms with Crippen LogP contribution in [0.2, 0.25) is 0 Å². The van der Waals surface area contributed by atoms with Gasteiger partial charge in [0.2, 0.25) is 0 Å². The molecule has 0 aromatic carbocycles. The zero-order chi connectivity index (χ0) is 16.0. The van der Waals surface area contributed by atoms with E-state index in [2.05, 4.69) is 45.2 Å². The summed E-state index contributed by atoms with van der Waals surface area (Å²) in [5.41, 5.74) is 0. The second-order valence-electron chi connectivity index (χ2n) is 5.71. The maximum atomic E-state index is 12.3. The number of hydrogen-bond acceptors (Lipinski definition) is 5. The average molecular weight is 537 g/mol. The Labute approximate surface area is 155 Å². The van der Waals surface area contributed by atoms with Crippen molar-refractivity contribution in [2.24, 2.45) is 0 Å². The van der Waals surface area contributed by atoms with Crippen LogP contribution in [0.3, 0.4) is 0 Å². The van der Waals surface area contributed by atoms with Crippen molar-refractivity contribution in [1.29, 1.82) is 0 Å². The number of Topliss-reactive ketones (excluding diaryl/α,β-unsaturated/α-hetero) is 1. The number of carbonyl (C=O) groups is 3. The van der Waals surface area contributed by atoms with Crippen LogP contribution in [0.25, 0.3) is 0 Å². The van der Waals surface area contributed by atoms with Gasteiger partial charge < -0.3 is 9.64 Å². The number of β-lactam (4-membered cyclic amide) rings is 1. The van der Waals surface area contributed by atoms with Gasteiger partial charge >= 0.3 is 5.97 Å². The Morgan fingerprint density at radius 1 is 1.38 bits per heavy atom. The molecule has 2 heterocycles. The van der Waals surface area contributed by atoms with Crippen LogP contribution in [0, 0.1) is 0 Å². The van der Waals surface area contributed by atoms with Gasteiger partial charge in [-0.15, -0.1) is 11.8 Å². The van der Waals surface area contributed by atoms with Gasteiger partial charge in [-0.25, -0.2) is 4.79 Å². The van der Waals surface area contributed by atoms with Crippen LogP contribution in [-0.2, 0) is 19.1 Å². The number of nitrogens with zero attached hydrogens (tertiary/aromatic N) is 1. The molecule has 2 saturated heterocycles. The number of carbonyl (C=O) groups excluding carboxylic acids is 3. The SMILES string of the molecule is CCCC(=O)COC(=O)[C@@H]1N2C(=O)C(I)(I)[C@H]2SC1(C)C. The summed E-state index contributed by atoms with van der Waals surface area (Å²) in [5, 5.41) is -0.0231. The van der Waals surface area contributed by atoms with Gasteiger partial charge in [0.25, 0.3) is 5.91 Å². The standard InChI is InChI=1S/C13H17I2NO4S/c1-4-5-7(17)6-20-9(18)8-12(2,3)21-11-13(14,15)10(19)16(8)11/h8,11H,4-6H2,1-3H3/t8-,11+/m0/s1. The van der Waals surface area contributed by atoms with E-state index < -0.39 is 18.2 Å². The first-order chi connectivity index (χ1) is 9.63. The lowest BCUT2D eigenvalue weighted by Crippen LogP contribution is -2.68. The number of alkyl halides is 2. The minimum Gasteiger partial charge on any atom is -0.456 e. The number of halogens is 2. The normalized spacial score (nSPS) is 28.8. The van der Waals surface area contributed by atoms with Gasteiger partial charge in [0.1, 0.15) is 18.0 Å². The first-order valence-electron chi connectivity index (χ1n) is 6.69. The lowest BCUT2D eigenvalue weighted by atomic mass is 9.98. The van der Waals surface area contributed by atoms with Crippen molar-refractivity contribution in [3.8, 4) is 0 Å². The van der Waals surface area contributed by atoms with Crippen molar-refractivity contribution in [2.75, 3.05) is 6.61 Å². The number of thioether (sulfide) groups is 1. The molecule has 2 rings (SSSR count). The number of fused-ring (bicyclic) bond motifs is 1. The molecule has 2 aliphatic rings. The molecule has 2 fully saturated rings. The summed E-state index contributed by atoms with van der Waals surface area (Å²) in [6.45, 7) is 5.58. The molecule has 1 amide bonds. The molecular weight excluding hydrogens is 520 g/mol. The van der Waals surface area contributed by atoms with Gasteiger partial charge in [0.15, 0.2) is 7.21 Å². The molecule has 0 bridgehead atoms. The van der Waals surface area contributed by atoms with E-state index in [1.54, 1.807) is 16.7 Å². The Kier molecular flexibility index (Phi) is 5.19. The molecule has 5 nitrogen and oxygen atoms in total. The predicted molar refractivity (Wildman–Crippen MR) is 97.7 cm³/mol. The summed E-state index contributed by atoms with van der Waals surface area (Å²) < 4.78 is 4.24. The highest BCUT2D eigenvalue weighted by Gasteiger charge is 2.70. The third-order valence-corrected chi connectivity index (χ3v) is 8.14. The highest BCUT2D eigenvalue weighted by Crippen LogP contribution is 2.60. The van der Waals surface area contributed by atoms with E-state index in [0.717, 1.165) is 6.42 Å². The minimum atomic E-state index is -0.618. The summed E-state index contributed by atoms with van der Waals surface area (Å²) in [5.74, 6) is -0.609. The van der Waals surface area contributed by atoms with Gasteiger partial charge in [-0.3, -0.25) is 9.59 Å². The number of rotatable bonds is 5. The molecule has 0 aliphatic carbocycles. The van der Waals surface area contributed by atoms with Gasteiger partial charge in [0, 0.05) is 11.2 Å². The Bertz CT molecular complexity index is 495. The molecule has 21 heavy (non-hydrogen) atoms. The highest BCUT2D eigenvalue weighted by atomic mass is 127. The van der Waals surface area contributed by atoms with E-state index >= 15 is 0 Å². The largest absolute Gasteiger partial charge is 0.456 e. The van der Waals surface area contributed by atoms with Crippen molar-refractivity contribution in [1.82, 2.24) is 4.90 Å². The number of ether oxygens (including phenoxy) is 1. The Balaban J connectivity index is 2.06. The quantitative estimate of drug-likeness (QED) is 0.234. The van der Waals surface area contributed by atoms with Crippen LogP contribution < -0.4 is 0 Å². The van der Waals surface area contributed by atoms with Gasteiger partial charge in [0.05, 0.1) is 0 Å². The fourth-order valence-corrected chi connectivity index (χ4v) is 5.96. The molecule has 0 aromatic heterocycles. The number of amides is 1. The summed E-state index contributed by atoms with van der Waals surface area (Å²) >= 11 is 5.88. The number of ketones is 1. The maximum absolute atomic E-state index is 12.3. The van der Waals surface area contributed by atoms with Gasteiger partial charge in [-0.2, -0.15) is 0 Å². The van der Waals surface area contributed by atoms with Crippen LogP contribution in [-0.4, -0.2) is 46.8 Å². The smallest absolute Gasteiger partial charge is 0.330 e. The minimum absolute atomic E-state index is 0.0231. The summed E-state index contributed by atoms with van der Waals surface area (Å²) in [6.07, 6.45) is 1.14. The highest BCUT2D eigenvalue weighted by molar-refractivity contribution is 14.2. The van der Waals surface area contributed by atoms with E-state index in [-0.39, 0.29) is 23.7 Å². The molecule has 8 heteroatoms. The van der Waals surface area contributed by atoms with Gasteiger partial charge in [-0.1, -0.05) is 52.1 Å². The van der Waals surface area contributed by atoms with Crippen molar-refractivity contribution < 1.29 is 19.1 Å². The number of esters is 1. The molecule has 0 N–H and O–H groups in total. The zero-order valence-electron chi connectivity index (χ0n) is 12.0. The van der Waals surface area contributed by atoms with Crippen molar-refractivity contribution in [2.45, 2.75) is 51.2 Å². The van der Waals surface area contributed by atoms with Crippen molar-refractivity contribution >= 4 is 74.6 Å². The summed E-state index contributed by atoms with van der Waals surface area (Å²) in [4.78, 5) is 37.7. The summed E-state index contributed by atoms with van der Waals surface area (Å²) in [7, 11) is 0. The molecule has 2 atom stereocenters. The number of hydrogen-bond donors (Lipinski definition) is 0. The Morgan fingerprint density at radius 2 is 2.00 bits per heavy atom. The lowest BCUT2D eigenvalue weighted by Gasteiger charge is -2.46. The van der Waals surface area contributed by atoms with E-state index in [9.17, 15) is 14.4 Å². The third kappa shape index (κ3) is 3.08. The monoisotopic (exact) mass is 537 g/mol. The fourth-order valence-electron chi connectivity index (χ4n) is 2.54. The van der Waals surface area contributed by atoms with Crippen LogP contribution in [0.4, 0.5) is 0 Å². The third-order valence-electron chi connectivity index (χ3n) is 3.56. The molecule has 0 spiro atoms. The zero-order valence-corrected chi connectivity index (χ0v) is 17.2. The maximum Gasteiger partial charge on any atom is 0.330 e. The van der Waals surface area contributed by atoms with Crippen LogP contribution in [0.5, 0.6) is 0 Å². The molecule has 2 aliphatic heterocycles. The van der Waals surface area contributed by atoms with Crippen LogP contribution in [0.1, 0.15) is 33.6 Å². The molecular formula is C13H17I2NO4S. The topological polar surface area (TPSA) is 63.7 Å².